The fourth-order valence-corrected chi connectivity index (χ4v) is 2.65. The van der Waals surface area contributed by atoms with Crippen LogP contribution in [0.3, 0.4) is 0 Å². The lowest BCUT2D eigenvalue weighted by atomic mass is 9.96. The molecule has 1 N–H and O–H groups in total. The highest BCUT2D eigenvalue weighted by molar-refractivity contribution is 9.10. The van der Waals surface area contributed by atoms with Crippen molar-refractivity contribution >= 4 is 15.9 Å². The van der Waals surface area contributed by atoms with Crippen molar-refractivity contribution in [3.8, 4) is 0 Å². The van der Waals surface area contributed by atoms with Crippen LogP contribution in [0.1, 0.15) is 43.2 Å². The van der Waals surface area contributed by atoms with Gasteiger partial charge in [0.05, 0.1) is 12.7 Å². The van der Waals surface area contributed by atoms with Crippen molar-refractivity contribution < 1.29 is 4.74 Å². The van der Waals surface area contributed by atoms with Gasteiger partial charge >= 0.3 is 0 Å². The molecule has 0 radical (unpaired) electrons. The zero-order chi connectivity index (χ0) is 12.4. The monoisotopic (exact) mass is 309 g/mol. The largest absolute Gasteiger partial charge is 0.374 e. The van der Waals surface area contributed by atoms with Gasteiger partial charge < -0.3 is 10.1 Å². The Morgan fingerprint density at radius 1 is 1.22 bits per heavy atom. The molecule has 0 unspecified atom stereocenters. The summed E-state index contributed by atoms with van der Waals surface area (Å²) in [4.78, 5) is 0. The highest BCUT2D eigenvalue weighted by atomic mass is 79.9. The minimum absolute atomic E-state index is 0.508. The first kappa shape index (κ1) is 12.6. The van der Waals surface area contributed by atoms with Crippen LogP contribution >= 0.6 is 15.9 Å². The van der Waals surface area contributed by atoms with Crippen molar-refractivity contribution in [3.05, 3.63) is 33.8 Å². The number of halogens is 1. The first-order valence-electron chi connectivity index (χ1n) is 6.93. The third kappa shape index (κ3) is 3.34. The summed E-state index contributed by atoms with van der Waals surface area (Å²) in [6.07, 6.45) is 7.00. The van der Waals surface area contributed by atoms with E-state index in [2.05, 4.69) is 39.4 Å². The lowest BCUT2D eigenvalue weighted by molar-refractivity contribution is -0.00889. The van der Waals surface area contributed by atoms with Crippen molar-refractivity contribution in [2.45, 2.75) is 57.4 Å². The van der Waals surface area contributed by atoms with E-state index in [1.165, 1.54) is 47.7 Å². The van der Waals surface area contributed by atoms with Gasteiger partial charge in [0.1, 0.15) is 0 Å². The second-order valence-electron chi connectivity index (χ2n) is 5.44. The highest BCUT2D eigenvalue weighted by Gasteiger charge is 2.20. The Morgan fingerprint density at radius 3 is 2.67 bits per heavy atom. The van der Waals surface area contributed by atoms with Crippen molar-refractivity contribution in [2.75, 3.05) is 0 Å². The molecule has 18 heavy (non-hydrogen) atoms. The Morgan fingerprint density at radius 2 is 2.06 bits per heavy atom. The van der Waals surface area contributed by atoms with E-state index in [1.807, 2.05) is 0 Å². The maximum atomic E-state index is 5.85. The molecule has 98 valence electrons. The van der Waals surface area contributed by atoms with Crippen molar-refractivity contribution in [3.63, 3.8) is 0 Å². The quantitative estimate of drug-likeness (QED) is 0.863. The second kappa shape index (κ2) is 5.72. The van der Waals surface area contributed by atoms with E-state index < -0.39 is 0 Å². The van der Waals surface area contributed by atoms with Gasteiger partial charge in [-0.15, -0.1) is 0 Å². The summed E-state index contributed by atoms with van der Waals surface area (Å²) >= 11 is 3.65. The van der Waals surface area contributed by atoms with E-state index in [4.69, 9.17) is 4.74 Å². The molecule has 0 bridgehead atoms. The standard InChI is InChI=1S/C15H20BrNO/c16-15-8-11(9-17-13-6-7-13)4-5-12(15)10-18-14-2-1-3-14/h4-5,8,13-14,17H,1-3,6-7,9-10H2. The van der Waals surface area contributed by atoms with Crippen LogP contribution in [0.2, 0.25) is 0 Å². The van der Waals surface area contributed by atoms with Crippen LogP contribution in [-0.2, 0) is 17.9 Å². The minimum Gasteiger partial charge on any atom is -0.374 e. The molecule has 2 aliphatic carbocycles. The number of nitrogens with one attached hydrogen (secondary N) is 1. The molecule has 0 amide bonds. The molecule has 0 aliphatic heterocycles. The zero-order valence-electron chi connectivity index (χ0n) is 10.6. The van der Waals surface area contributed by atoms with Crippen LogP contribution in [-0.4, -0.2) is 12.1 Å². The Labute approximate surface area is 117 Å². The molecule has 0 aromatic heterocycles. The molecule has 2 nitrogen and oxygen atoms in total. The van der Waals surface area contributed by atoms with Gasteiger partial charge in [0.15, 0.2) is 0 Å². The molecule has 2 fully saturated rings. The minimum atomic E-state index is 0.508. The van der Waals surface area contributed by atoms with Gasteiger partial charge in [-0.1, -0.05) is 28.1 Å². The summed E-state index contributed by atoms with van der Waals surface area (Å²) in [6, 6.07) is 7.38. The maximum absolute atomic E-state index is 5.85. The zero-order valence-corrected chi connectivity index (χ0v) is 12.2. The normalized spacial score (nSPS) is 19.8. The van der Waals surface area contributed by atoms with Crippen LogP contribution in [0.4, 0.5) is 0 Å². The van der Waals surface area contributed by atoms with Crippen LogP contribution in [0.15, 0.2) is 22.7 Å². The first-order valence-corrected chi connectivity index (χ1v) is 7.73. The summed E-state index contributed by atoms with van der Waals surface area (Å²) in [5.74, 6) is 0. The van der Waals surface area contributed by atoms with E-state index in [9.17, 15) is 0 Å². The van der Waals surface area contributed by atoms with Gasteiger partial charge in [-0.3, -0.25) is 0 Å². The molecule has 0 saturated heterocycles. The van der Waals surface area contributed by atoms with Gasteiger partial charge in [-0.05, 0) is 49.3 Å². The Hall–Kier alpha value is -0.380. The predicted octanol–water partition coefficient (Wildman–Crippen LogP) is 3.77. The van der Waals surface area contributed by atoms with Crippen LogP contribution in [0, 0.1) is 0 Å². The molecule has 0 spiro atoms. The van der Waals surface area contributed by atoms with E-state index in [0.29, 0.717) is 6.10 Å². The molecule has 2 saturated carbocycles. The molecular formula is C15H20BrNO. The third-order valence-electron chi connectivity index (χ3n) is 3.82. The van der Waals surface area contributed by atoms with Crippen LogP contribution in [0.5, 0.6) is 0 Å². The summed E-state index contributed by atoms with van der Waals surface area (Å²) in [7, 11) is 0. The molecule has 1 aromatic carbocycles. The van der Waals surface area contributed by atoms with E-state index in [-0.39, 0.29) is 0 Å². The summed E-state index contributed by atoms with van der Waals surface area (Å²) in [5, 5.41) is 3.54. The van der Waals surface area contributed by atoms with Crippen molar-refractivity contribution in [2.24, 2.45) is 0 Å². The summed E-state index contributed by atoms with van der Waals surface area (Å²) in [6.45, 7) is 1.72. The van der Waals surface area contributed by atoms with Gasteiger partial charge in [-0.25, -0.2) is 0 Å². The molecule has 0 atom stereocenters. The van der Waals surface area contributed by atoms with E-state index in [1.54, 1.807) is 0 Å². The molecule has 3 rings (SSSR count). The topological polar surface area (TPSA) is 21.3 Å². The van der Waals surface area contributed by atoms with Gasteiger partial charge in [0.2, 0.25) is 0 Å². The molecular weight excluding hydrogens is 290 g/mol. The summed E-state index contributed by atoms with van der Waals surface area (Å²) < 4.78 is 7.02. The summed E-state index contributed by atoms with van der Waals surface area (Å²) in [5.41, 5.74) is 2.61. The fourth-order valence-electron chi connectivity index (χ4n) is 2.11. The molecule has 3 heteroatoms. The van der Waals surface area contributed by atoms with Gasteiger partial charge in [-0.2, -0.15) is 0 Å². The first-order chi connectivity index (χ1) is 8.81. The van der Waals surface area contributed by atoms with Gasteiger partial charge in [0, 0.05) is 17.1 Å². The predicted molar refractivity (Wildman–Crippen MR) is 76.4 cm³/mol. The molecule has 0 heterocycles. The van der Waals surface area contributed by atoms with Crippen LogP contribution in [0.25, 0.3) is 0 Å². The lowest BCUT2D eigenvalue weighted by Gasteiger charge is -2.25. The number of rotatable bonds is 6. The average molecular weight is 310 g/mol. The Balaban J connectivity index is 1.53. The number of benzene rings is 1. The van der Waals surface area contributed by atoms with Crippen LogP contribution < -0.4 is 5.32 Å². The smallest absolute Gasteiger partial charge is 0.0731 e. The SMILES string of the molecule is Brc1cc(CNC2CC2)ccc1COC1CCC1. The molecule has 1 aromatic rings. The molecule has 2 aliphatic rings. The number of hydrogen-bond acceptors (Lipinski definition) is 2. The Bertz CT molecular complexity index is 413. The van der Waals surface area contributed by atoms with Crippen molar-refractivity contribution in [1.82, 2.24) is 5.32 Å². The van der Waals surface area contributed by atoms with Crippen molar-refractivity contribution in [1.29, 1.82) is 0 Å². The maximum Gasteiger partial charge on any atom is 0.0731 e. The lowest BCUT2D eigenvalue weighted by Crippen LogP contribution is -2.21. The van der Waals surface area contributed by atoms with Gasteiger partial charge in [0.25, 0.3) is 0 Å². The number of ether oxygens (including phenoxy) is 1. The van der Waals surface area contributed by atoms with E-state index in [0.717, 1.165) is 19.2 Å². The van der Waals surface area contributed by atoms with E-state index >= 15 is 0 Å². The number of hydrogen-bond donors (Lipinski definition) is 1. The average Bonchev–Trinajstić information content (AvgIpc) is 3.10. The highest BCUT2D eigenvalue weighted by Crippen LogP contribution is 2.26. The second-order valence-corrected chi connectivity index (χ2v) is 6.30. The fraction of sp³-hybridized carbons (Fsp3) is 0.600. The third-order valence-corrected chi connectivity index (χ3v) is 4.55. The Kier molecular flexibility index (Phi) is 4.02.